The highest BCUT2D eigenvalue weighted by Crippen LogP contribution is 2.37. The molecule has 30 heavy (non-hydrogen) atoms. The molecule has 2 aromatic carbocycles. The standard InChI is InChI=1S/C25H23N3O2/c29-24(25(13-16-30-17-14-25)19-8-2-1-3-9-19)27-21-11-5-4-10-20(21)22-18-28-15-7-6-12-23(28)26-22/h1-12,15,18H,13-14,16-17H2,(H,27,29). The molecule has 1 aliphatic heterocycles. The number of nitrogens with zero attached hydrogens (tertiary/aromatic N) is 2. The summed E-state index contributed by atoms with van der Waals surface area (Å²) in [4.78, 5) is 18.4. The number of aromatic nitrogens is 2. The van der Waals surface area contributed by atoms with Crippen LogP contribution in [0.3, 0.4) is 0 Å². The number of hydrogen-bond donors (Lipinski definition) is 1. The molecule has 4 aromatic rings. The van der Waals surface area contributed by atoms with E-state index >= 15 is 0 Å². The third-order valence-electron chi connectivity index (χ3n) is 5.92. The summed E-state index contributed by atoms with van der Waals surface area (Å²) in [5, 5.41) is 3.22. The SMILES string of the molecule is O=C(Nc1ccccc1-c1cn2ccccc2n1)C1(c2ccccc2)CCOCC1. The molecule has 0 aliphatic carbocycles. The van der Waals surface area contributed by atoms with Crippen LogP contribution in [0.2, 0.25) is 0 Å². The second-order valence-electron chi connectivity index (χ2n) is 7.65. The van der Waals surface area contributed by atoms with Crippen LogP contribution in [0.1, 0.15) is 18.4 Å². The van der Waals surface area contributed by atoms with E-state index in [9.17, 15) is 4.79 Å². The van der Waals surface area contributed by atoms with Gasteiger partial charge in [-0.2, -0.15) is 0 Å². The zero-order chi connectivity index (χ0) is 20.4. The molecule has 5 heteroatoms. The van der Waals surface area contributed by atoms with Crippen LogP contribution in [-0.2, 0) is 14.9 Å². The zero-order valence-electron chi connectivity index (χ0n) is 16.6. The Morgan fingerprint density at radius 1 is 0.933 bits per heavy atom. The molecular weight excluding hydrogens is 374 g/mol. The number of carbonyl (C=O) groups excluding carboxylic acids is 1. The number of fused-ring (bicyclic) bond motifs is 1. The molecule has 0 spiro atoms. The summed E-state index contributed by atoms with van der Waals surface area (Å²) in [7, 11) is 0. The Morgan fingerprint density at radius 3 is 2.47 bits per heavy atom. The van der Waals surface area contributed by atoms with E-state index in [0.29, 0.717) is 26.1 Å². The normalized spacial score (nSPS) is 15.7. The smallest absolute Gasteiger partial charge is 0.235 e. The fourth-order valence-corrected chi connectivity index (χ4v) is 4.25. The largest absolute Gasteiger partial charge is 0.381 e. The van der Waals surface area contributed by atoms with Crippen molar-refractivity contribution in [3.8, 4) is 11.3 Å². The number of nitrogens with one attached hydrogen (secondary N) is 1. The van der Waals surface area contributed by atoms with Gasteiger partial charge in [0.05, 0.1) is 16.8 Å². The van der Waals surface area contributed by atoms with Crippen LogP contribution in [-0.4, -0.2) is 28.5 Å². The lowest BCUT2D eigenvalue weighted by Crippen LogP contribution is -2.44. The Bertz CT molecular complexity index is 1140. The van der Waals surface area contributed by atoms with E-state index in [1.807, 2.05) is 89.6 Å². The number of amides is 1. The van der Waals surface area contributed by atoms with Crippen LogP contribution in [0, 0.1) is 0 Å². The van der Waals surface area contributed by atoms with Gasteiger partial charge in [-0.3, -0.25) is 4.79 Å². The van der Waals surface area contributed by atoms with E-state index in [1.54, 1.807) is 0 Å². The first-order chi connectivity index (χ1) is 14.8. The van der Waals surface area contributed by atoms with Crippen molar-refractivity contribution in [3.05, 3.63) is 90.8 Å². The van der Waals surface area contributed by atoms with Crippen molar-refractivity contribution in [2.75, 3.05) is 18.5 Å². The van der Waals surface area contributed by atoms with Crippen LogP contribution >= 0.6 is 0 Å². The molecule has 0 bridgehead atoms. The monoisotopic (exact) mass is 397 g/mol. The maximum absolute atomic E-state index is 13.7. The highest BCUT2D eigenvalue weighted by molar-refractivity contribution is 6.01. The van der Waals surface area contributed by atoms with E-state index < -0.39 is 5.41 Å². The van der Waals surface area contributed by atoms with Crippen LogP contribution in [0.4, 0.5) is 5.69 Å². The summed E-state index contributed by atoms with van der Waals surface area (Å²) in [5.41, 5.74) is 3.83. The second kappa shape index (κ2) is 7.76. The predicted octanol–water partition coefficient (Wildman–Crippen LogP) is 4.69. The molecule has 1 fully saturated rings. The molecule has 3 heterocycles. The highest BCUT2D eigenvalue weighted by atomic mass is 16.5. The lowest BCUT2D eigenvalue weighted by Gasteiger charge is -2.36. The van der Waals surface area contributed by atoms with Gasteiger partial charge < -0.3 is 14.5 Å². The minimum Gasteiger partial charge on any atom is -0.381 e. The van der Waals surface area contributed by atoms with Crippen molar-refractivity contribution in [1.29, 1.82) is 0 Å². The summed E-state index contributed by atoms with van der Waals surface area (Å²) >= 11 is 0. The van der Waals surface area contributed by atoms with E-state index in [1.165, 1.54) is 0 Å². The molecule has 1 aliphatic rings. The second-order valence-corrected chi connectivity index (χ2v) is 7.65. The van der Waals surface area contributed by atoms with Crippen molar-refractivity contribution < 1.29 is 9.53 Å². The number of ether oxygens (including phenoxy) is 1. The summed E-state index contributed by atoms with van der Waals surface area (Å²) in [5.74, 6) is 0.00761. The third-order valence-corrected chi connectivity index (χ3v) is 5.92. The molecule has 1 saturated heterocycles. The number of imidazole rings is 1. The topological polar surface area (TPSA) is 55.6 Å². The Morgan fingerprint density at radius 2 is 1.67 bits per heavy atom. The molecule has 1 amide bonds. The predicted molar refractivity (Wildman–Crippen MR) is 117 cm³/mol. The third kappa shape index (κ3) is 3.27. The molecule has 0 unspecified atom stereocenters. The van der Waals surface area contributed by atoms with Crippen molar-refractivity contribution in [1.82, 2.24) is 9.38 Å². The molecule has 5 rings (SSSR count). The first-order valence-corrected chi connectivity index (χ1v) is 10.2. The Balaban J connectivity index is 1.52. The molecular formula is C25H23N3O2. The Labute approximate surface area is 175 Å². The van der Waals surface area contributed by atoms with Crippen LogP contribution in [0.15, 0.2) is 85.2 Å². The fourth-order valence-electron chi connectivity index (χ4n) is 4.25. The summed E-state index contributed by atoms with van der Waals surface area (Å²) < 4.78 is 7.56. The van der Waals surface area contributed by atoms with E-state index in [2.05, 4.69) is 5.32 Å². The maximum Gasteiger partial charge on any atom is 0.235 e. The number of carbonyl (C=O) groups is 1. The number of anilines is 1. The van der Waals surface area contributed by atoms with Gasteiger partial charge in [0.1, 0.15) is 5.65 Å². The zero-order valence-corrected chi connectivity index (χ0v) is 16.6. The molecule has 1 N–H and O–H groups in total. The first-order valence-electron chi connectivity index (χ1n) is 10.2. The van der Waals surface area contributed by atoms with Gasteiger partial charge in [-0.15, -0.1) is 0 Å². The quantitative estimate of drug-likeness (QED) is 0.544. The van der Waals surface area contributed by atoms with E-state index in [-0.39, 0.29) is 5.91 Å². The average molecular weight is 397 g/mol. The molecule has 150 valence electrons. The molecule has 0 radical (unpaired) electrons. The van der Waals surface area contributed by atoms with Crippen LogP contribution in [0.25, 0.3) is 16.9 Å². The van der Waals surface area contributed by atoms with Gasteiger partial charge in [0.2, 0.25) is 5.91 Å². The fraction of sp³-hybridized carbons (Fsp3) is 0.200. The number of rotatable bonds is 4. The van der Waals surface area contributed by atoms with Crippen LogP contribution in [0.5, 0.6) is 0 Å². The van der Waals surface area contributed by atoms with Crippen molar-refractivity contribution in [2.45, 2.75) is 18.3 Å². The van der Waals surface area contributed by atoms with Gasteiger partial charge in [-0.25, -0.2) is 4.98 Å². The summed E-state index contributed by atoms with van der Waals surface area (Å²) in [6.45, 7) is 1.16. The molecule has 2 aromatic heterocycles. The van der Waals surface area contributed by atoms with Crippen molar-refractivity contribution in [3.63, 3.8) is 0 Å². The molecule has 0 saturated carbocycles. The van der Waals surface area contributed by atoms with Gasteiger partial charge in [0, 0.05) is 31.2 Å². The molecule has 0 atom stereocenters. The van der Waals surface area contributed by atoms with Gasteiger partial charge in [-0.1, -0.05) is 54.6 Å². The highest BCUT2D eigenvalue weighted by Gasteiger charge is 2.41. The van der Waals surface area contributed by atoms with Crippen molar-refractivity contribution >= 4 is 17.2 Å². The van der Waals surface area contributed by atoms with E-state index in [0.717, 1.165) is 28.2 Å². The Hall–Kier alpha value is -3.44. The van der Waals surface area contributed by atoms with Gasteiger partial charge in [-0.05, 0) is 36.6 Å². The minimum atomic E-state index is -0.592. The lowest BCUT2D eigenvalue weighted by molar-refractivity contribution is -0.125. The Kier molecular flexibility index (Phi) is 4.81. The number of para-hydroxylation sites is 1. The molecule has 5 nitrogen and oxygen atoms in total. The summed E-state index contributed by atoms with van der Waals surface area (Å²) in [6, 6.07) is 23.8. The van der Waals surface area contributed by atoms with Gasteiger partial charge >= 0.3 is 0 Å². The van der Waals surface area contributed by atoms with Crippen LogP contribution < -0.4 is 5.32 Å². The number of benzene rings is 2. The number of hydrogen-bond acceptors (Lipinski definition) is 3. The first kappa shape index (κ1) is 18.6. The van der Waals surface area contributed by atoms with Crippen molar-refractivity contribution in [2.24, 2.45) is 0 Å². The van der Waals surface area contributed by atoms with Gasteiger partial charge in [0.25, 0.3) is 0 Å². The maximum atomic E-state index is 13.7. The lowest BCUT2D eigenvalue weighted by atomic mass is 9.73. The average Bonchev–Trinajstić information content (AvgIpc) is 3.24. The van der Waals surface area contributed by atoms with Gasteiger partial charge in [0.15, 0.2) is 0 Å². The minimum absolute atomic E-state index is 0.00761. The summed E-state index contributed by atoms with van der Waals surface area (Å²) in [6.07, 6.45) is 5.29. The number of pyridine rings is 1. The van der Waals surface area contributed by atoms with E-state index in [4.69, 9.17) is 9.72 Å².